The minimum atomic E-state index is 0.0227. The fourth-order valence-corrected chi connectivity index (χ4v) is 2.88. The van der Waals surface area contributed by atoms with Crippen LogP contribution in [-0.2, 0) is 0 Å². The number of nitrogens with zero attached hydrogens (tertiary/aromatic N) is 2. The highest BCUT2D eigenvalue weighted by Gasteiger charge is 2.25. The highest BCUT2D eigenvalue weighted by molar-refractivity contribution is 5.89. The maximum absolute atomic E-state index is 12.3. The maximum atomic E-state index is 12.3. The molecular weight excluding hydrogens is 274 g/mol. The molecule has 1 aromatic rings. The van der Waals surface area contributed by atoms with Crippen LogP contribution in [0.2, 0.25) is 0 Å². The molecule has 0 atom stereocenters. The largest absolute Gasteiger partial charge is 0.324 e. The van der Waals surface area contributed by atoms with Gasteiger partial charge in [0.05, 0.1) is 0 Å². The highest BCUT2D eigenvalue weighted by Crippen LogP contribution is 2.17. The second kappa shape index (κ2) is 8.18. The SMILES string of the molecule is CC(C)CCN(C)C1CCN(C(=O)Nc2ccccc2)CC1. The summed E-state index contributed by atoms with van der Waals surface area (Å²) in [6.45, 7) is 7.37. The summed E-state index contributed by atoms with van der Waals surface area (Å²) in [5.74, 6) is 0.749. The minimum absolute atomic E-state index is 0.0227. The van der Waals surface area contributed by atoms with E-state index in [0.717, 1.165) is 44.1 Å². The lowest BCUT2D eigenvalue weighted by molar-refractivity contribution is 0.137. The molecule has 0 spiro atoms. The summed E-state index contributed by atoms with van der Waals surface area (Å²) in [5, 5.41) is 2.97. The summed E-state index contributed by atoms with van der Waals surface area (Å²) in [6.07, 6.45) is 3.37. The van der Waals surface area contributed by atoms with Gasteiger partial charge in [0.25, 0.3) is 0 Å². The molecule has 1 fully saturated rings. The number of nitrogens with one attached hydrogen (secondary N) is 1. The molecule has 0 aromatic heterocycles. The number of carbonyl (C=O) groups is 1. The van der Waals surface area contributed by atoms with E-state index in [2.05, 4.69) is 31.1 Å². The fourth-order valence-electron chi connectivity index (χ4n) is 2.88. The average Bonchev–Trinajstić information content (AvgIpc) is 2.53. The molecule has 0 aliphatic carbocycles. The van der Waals surface area contributed by atoms with Crippen molar-refractivity contribution >= 4 is 11.7 Å². The van der Waals surface area contributed by atoms with Crippen molar-refractivity contribution < 1.29 is 4.79 Å². The normalized spacial score (nSPS) is 16.3. The molecule has 0 unspecified atom stereocenters. The van der Waals surface area contributed by atoms with Crippen molar-refractivity contribution in [1.29, 1.82) is 0 Å². The smallest absolute Gasteiger partial charge is 0.321 e. The second-order valence-electron chi connectivity index (χ2n) is 6.68. The topological polar surface area (TPSA) is 35.6 Å². The zero-order valence-electron chi connectivity index (χ0n) is 14.1. The van der Waals surface area contributed by atoms with Crippen molar-refractivity contribution in [1.82, 2.24) is 9.80 Å². The summed E-state index contributed by atoms with van der Waals surface area (Å²) in [5.41, 5.74) is 0.865. The van der Waals surface area contributed by atoms with Gasteiger partial charge in [-0.15, -0.1) is 0 Å². The van der Waals surface area contributed by atoms with Crippen molar-refractivity contribution in [2.75, 3.05) is 32.0 Å². The Bertz CT molecular complexity index is 453. The van der Waals surface area contributed by atoms with Crippen molar-refractivity contribution in [3.63, 3.8) is 0 Å². The number of carbonyl (C=O) groups excluding carboxylic acids is 1. The minimum Gasteiger partial charge on any atom is -0.324 e. The Balaban J connectivity index is 1.75. The van der Waals surface area contributed by atoms with Crippen LogP contribution in [0, 0.1) is 5.92 Å². The molecule has 1 saturated heterocycles. The molecule has 0 bridgehead atoms. The first kappa shape index (κ1) is 16.8. The Kier molecular flexibility index (Phi) is 6.25. The number of para-hydroxylation sites is 1. The van der Waals surface area contributed by atoms with Crippen LogP contribution in [-0.4, -0.2) is 48.6 Å². The predicted molar refractivity (Wildman–Crippen MR) is 92.1 cm³/mol. The highest BCUT2D eigenvalue weighted by atomic mass is 16.2. The van der Waals surface area contributed by atoms with E-state index in [4.69, 9.17) is 0 Å². The first-order valence-electron chi connectivity index (χ1n) is 8.37. The van der Waals surface area contributed by atoms with E-state index in [-0.39, 0.29) is 6.03 Å². The number of hydrogen-bond acceptors (Lipinski definition) is 2. The van der Waals surface area contributed by atoms with Crippen LogP contribution in [0.25, 0.3) is 0 Å². The molecule has 2 amide bonds. The van der Waals surface area contributed by atoms with Crippen LogP contribution in [0.3, 0.4) is 0 Å². The van der Waals surface area contributed by atoms with E-state index < -0.39 is 0 Å². The van der Waals surface area contributed by atoms with Gasteiger partial charge in [-0.25, -0.2) is 4.79 Å². The zero-order valence-corrected chi connectivity index (χ0v) is 14.1. The Hall–Kier alpha value is -1.55. The van der Waals surface area contributed by atoms with E-state index in [1.807, 2.05) is 35.2 Å². The molecule has 1 aromatic carbocycles. The van der Waals surface area contributed by atoms with Gasteiger partial charge in [-0.1, -0.05) is 32.0 Å². The molecule has 122 valence electrons. The van der Waals surface area contributed by atoms with Crippen LogP contribution < -0.4 is 5.32 Å². The van der Waals surface area contributed by atoms with Crippen LogP contribution >= 0.6 is 0 Å². The van der Waals surface area contributed by atoms with Gasteiger partial charge in [0.1, 0.15) is 0 Å². The van der Waals surface area contributed by atoms with E-state index in [9.17, 15) is 4.79 Å². The zero-order chi connectivity index (χ0) is 15.9. The third-order valence-corrected chi connectivity index (χ3v) is 4.46. The van der Waals surface area contributed by atoms with Gasteiger partial charge in [0.2, 0.25) is 0 Å². The molecule has 4 nitrogen and oxygen atoms in total. The van der Waals surface area contributed by atoms with Crippen molar-refractivity contribution in [2.45, 2.75) is 39.2 Å². The molecule has 1 aliphatic heterocycles. The number of amides is 2. The lowest BCUT2D eigenvalue weighted by Gasteiger charge is -2.37. The van der Waals surface area contributed by atoms with Gasteiger partial charge in [-0.3, -0.25) is 0 Å². The summed E-state index contributed by atoms with van der Waals surface area (Å²) < 4.78 is 0. The van der Waals surface area contributed by atoms with Crippen LogP contribution in [0.4, 0.5) is 10.5 Å². The van der Waals surface area contributed by atoms with Gasteiger partial charge < -0.3 is 15.1 Å². The summed E-state index contributed by atoms with van der Waals surface area (Å²) in [6, 6.07) is 10.3. The third-order valence-electron chi connectivity index (χ3n) is 4.46. The molecule has 22 heavy (non-hydrogen) atoms. The van der Waals surface area contributed by atoms with Gasteiger partial charge in [-0.2, -0.15) is 0 Å². The number of hydrogen-bond donors (Lipinski definition) is 1. The molecule has 1 heterocycles. The van der Waals surface area contributed by atoms with Crippen molar-refractivity contribution in [3.8, 4) is 0 Å². The molecule has 2 rings (SSSR count). The van der Waals surface area contributed by atoms with E-state index in [0.29, 0.717) is 6.04 Å². The standard InChI is InChI=1S/C18H29N3O/c1-15(2)9-12-20(3)17-10-13-21(14-11-17)18(22)19-16-7-5-4-6-8-16/h4-8,15,17H,9-14H2,1-3H3,(H,19,22). The fraction of sp³-hybridized carbons (Fsp3) is 0.611. The second-order valence-corrected chi connectivity index (χ2v) is 6.68. The Morgan fingerprint density at radius 3 is 2.50 bits per heavy atom. The first-order valence-corrected chi connectivity index (χ1v) is 8.37. The molecule has 1 N–H and O–H groups in total. The lowest BCUT2D eigenvalue weighted by Crippen LogP contribution is -2.47. The number of benzene rings is 1. The molecule has 4 heteroatoms. The summed E-state index contributed by atoms with van der Waals surface area (Å²) in [4.78, 5) is 16.7. The Labute approximate surface area is 134 Å². The van der Waals surface area contributed by atoms with E-state index >= 15 is 0 Å². The molecular formula is C18H29N3O. The molecule has 1 aliphatic rings. The lowest BCUT2D eigenvalue weighted by atomic mass is 10.0. The third kappa shape index (κ3) is 5.02. The number of rotatable bonds is 5. The van der Waals surface area contributed by atoms with Gasteiger partial charge >= 0.3 is 6.03 Å². The molecule has 0 radical (unpaired) electrons. The summed E-state index contributed by atoms with van der Waals surface area (Å²) in [7, 11) is 2.22. The van der Waals surface area contributed by atoms with Gasteiger partial charge in [-0.05, 0) is 50.9 Å². The maximum Gasteiger partial charge on any atom is 0.321 e. The van der Waals surface area contributed by atoms with Crippen LogP contribution in [0.1, 0.15) is 33.1 Å². The first-order chi connectivity index (χ1) is 10.6. The van der Waals surface area contributed by atoms with Crippen molar-refractivity contribution in [3.05, 3.63) is 30.3 Å². The number of likely N-dealkylation sites (tertiary alicyclic amines) is 1. The Morgan fingerprint density at radius 1 is 1.27 bits per heavy atom. The summed E-state index contributed by atoms with van der Waals surface area (Å²) >= 11 is 0. The average molecular weight is 303 g/mol. The van der Waals surface area contributed by atoms with Crippen molar-refractivity contribution in [2.24, 2.45) is 5.92 Å². The van der Waals surface area contributed by atoms with Crippen LogP contribution in [0.5, 0.6) is 0 Å². The molecule has 0 saturated carbocycles. The van der Waals surface area contributed by atoms with E-state index in [1.165, 1.54) is 6.42 Å². The quantitative estimate of drug-likeness (QED) is 0.901. The number of urea groups is 1. The van der Waals surface area contributed by atoms with E-state index in [1.54, 1.807) is 0 Å². The predicted octanol–water partition coefficient (Wildman–Crippen LogP) is 3.66. The van der Waals surface area contributed by atoms with Gasteiger partial charge in [0.15, 0.2) is 0 Å². The van der Waals surface area contributed by atoms with Crippen LogP contribution in [0.15, 0.2) is 30.3 Å². The Morgan fingerprint density at radius 2 is 1.91 bits per heavy atom. The number of piperidine rings is 1. The van der Waals surface area contributed by atoms with Gasteiger partial charge in [0, 0.05) is 24.8 Å². The number of anilines is 1. The monoisotopic (exact) mass is 303 g/mol.